The van der Waals surface area contributed by atoms with Crippen LogP contribution in [0.5, 0.6) is 0 Å². The number of allylic oxidation sites excluding steroid dienone is 1. The van der Waals surface area contributed by atoms with Gasteiger partial charge in [-0.3, -0.25) is 9.78 Å². The Morgan fingerprint density at radius 1 is 1.23 bits per heavy atom. The van der Waals surface area contributed by atoms with Gasteiger partial charge in [0, 0.05) is 43.0 Å². The first-order chi connectivity index (χ1) is 12.7. The number of carbonyl (C=O) groups is 1. The number of hydrogen-bond donors (Lipinski definition) is 1. The van der Waals surface area contributed by atoms with E-state index in [4.69, 9.17) is 0 Å². The Kier molecular flexibility index (Phi) is 5.53. The molecule has 0 radical (unpaired) electrons. The number of carbonyl (C=O) groups excluding carboxylic acids is 1. The van der Waals surface area contributed by atoms with Crippen molar-refractivity contribution < 1.29 is 4.79 Å². The van der Waals surface area contributed by atoms with E-state index < -0.39 is 0 Å². The highest BCUT2D eigenvalue weighted by Crippen LogP contribution is 2.18. The lowest BCUT2D eigenvalue weighted by Crippen LogP contribution is -2.14. The highest BCUT2D eigenvalue weighted by atomic mass is 16.1. The van der Waals surface area contributed by atoms with E-state index in [-0.39, 0.29) is 5.91 Å². The summed E-state index contributed by atoms with van der Waals surface area (Å²) in [6, 6.07) is 11.5. The van der Waals surface area contributed by atoms with Gasteiger partial charge in [-0.15, -0.1) is 16.8 Å². The lowest BCUT2D eigenvalue weighted by molar-refractivity contribution is -0.116. The standard InChI is InChI=1S/C20H21N5O/c1-3-13-25-18(23-24-20(25)16-5-4-12-21-14-16)10-11-19(26)22-17-8-6-15(2)7-9-17/h3-9,12,14H,1,10-11,13H2,2H3,(H,22,26). The second-order valence-corrected chi connectivity index (χ2v) is 6.00. The molecule has 6 heteroatoms. The van der Waals surface area contributed by atoms with Crippen molar-refractivity contribution in [3.05, 3.63) is 72.8 Å². The van der Waals surface area contributed by atoms with Crippen LogP contribution < -0.4 is 5.32 Å². The monoisotopic (exact) mass is 347 g/mol. The summed E-state index contributed by atoms with van der Waals surface area (Å²) in [5, 5.41) is 11.4. The van der Waals surface area contributed by atoms with Gasteiger partial charge in [0.1, 0.15) is 5.82 Å². The van der Waals surface area contributed by atoms with Gasteiger partial charge in [-0.25, -0.2) is 0 Å². The van der Waals surface area contributed by atoms with Gasteiger partial charge in [0.15, 0.2) is 5.82 Å². The van der Waals surface area contributed by atoms with Crippen LogP contribution in [0.2, 0.25) is 0 Å². The van der Waals surface area contributed by atoms with Gasteiger partial charge in [-0.1, -0.05) is 23.8 Å². The second kappa shape index (κ2) is 8.20. The molecule has 6 nitrogen and oxygen atoms in total. The molecule has 1 aromatic carbocycles. The minimum Gasteiger partial charge on any atom is -0.326 e. The lowest BCUT2D eigenvalue weighted by Gasteiger charge is -2.08. The van der Waals surface area contributed by atoms with Crippen LogP contribution in [-0.2, 0) is 17.8 Å². The van der Waals surface area contributed by atoms with E-state index >= 15 is 0 Å². The minimum absolute atomic E-state index is 0.0510. The quantitative estimate of drug-likeness (QED) is 0.665. The van der Waals surface area contributed by atoms with Crippen molar-refractivity contribution in [1.82, 2.24) is 19.7 Å². The summed E-state index contributed by atoms with van der Waals surface area (Å²) in [6.07, 6.45) is 6.08. The fourth-order valence-corrected chi connectivity index (χ4v) is 2.64. The molecule has 0 fully saturated rings. The highest BCUT2D eigenvalue weighted by Gasteiger charge is 2.14. The summed E-state index contributed by atoms with van der Waals surface area (Å²) in [6.45, 7) is 6.39. The molecule has 0 saturated heterocycles. The Hall–Kier alpha value is -3.28. The Morgan fingerprint density at radius 3 is 2.73 bits per heavy atom. The molecule has 0 unspecified atom stereocenters. The Labute approximate surface area is 152 Å². The van der Waals surface area contributed by atoms with Crippen LogP contribution in [0.4, 0.5) is 5.69 Å². The number of amides is 1. The number of anilines is 1. The van der Waals surface area contributed by atoms with Crippen LogP contribution in [0, 0.1) is 6.92 Å². The van der Waals surface area contributed by atoms with Gasteiger partial charge >= 0.3 is 0 Å². The molecular weight excluding hydrogens is 326 g/mol. The fourth-order valence-electron chi connectivity index (χ4n) is 2.64. The molecule has 0 saturated carbocycles. The van der Waals surface area contributed by atoms with Crippen LogP contribution >= 0.6 is 0 Å². The molecule has 1 N–H and O–H groups in total. The van der Waals surface area contributed by atoms with Gasteiger partial charge in [-0.05, 0) is 31.2 Å². The first kappa shape index (κ1) is 17.5. The number of benzene rings is 1. The number of aromatic nitrogens is 4. The molecule has 26 heavy (non-hydrogen) atoms. The maximum atomic E-state index is 12.2. The van der Waals surface area contributed by atoms with Crippen molar-refractivity contribution in [3.8, 4) is 11.4 Å². The zero-order chi connectivity index (χ0) is 18.4. The van der Waals surface area contributed by atoms with Crippen LogP contribution in [0.3, 0.4) is 0 Å². The molecule has 2 aromatic heterocycles. The van der Waals surface area contributed by atoms with Crippen molar-refractivity contribution in [2.75, 3.05) is 5.32 Å². The SMILES string of the molecule is C=CCn1c(CCC(=O)Nc2ccc(C)cc2)nnc1-c1cccnc1. The Bertz CT molecular complexity index is 884. The smallest absolute Gasteiger partial charge is 0.224 e. The van der Waals surface area contributed by atoms with E-state index in [2.05, 4.69) is 27.1 Å². The maximum Gasteiger partial charge on any atom is 0.224 e. The molecule has 132 valence electrons. The van der Waals surface area contributed by atoms with Crippen LogP contribution in [0.1, 0.15) is 17.8 Å². The summed E-state index contributed by atoms with van der Waals surface area (Å²) < 4.78 is 1.96. The molecule has 3 rings (SSSR count). The Balaban J connectivity index is 1.69. The average Bonchev–Trinajstić information content (AvgIpc) is 3.06. The van der Waals surface area contributed by atoms with E-state index in [1.165, 1.54) is 0 Å². The highest BCUT2D eigenvalue weighted by molar-refractivity contribution is 5.90. The van der Waals surface area contributed by atoms with Crippen molar-refractivity contribution >= 4 is 11.6 Å². The third kappa shape index (κ3) is 4.22. The first-order valence-corrected chi connectivity index (χ1v) is 8.47. The Morgan fingerprint density at radius 2 is 2.04 bits per heavy atom. The first-order valence-electron chi connectivity index (χ1n) is 8.47. The van der Waals surface area contributed by atoms with Gasteiger partial charge in [-0.2, -0.15) is 0 Å². The molecule has 0 aliphatic carbocycles. The number of pyridine rings is 1. The molecule has 0 spiro atoms. The summed E-state index contributed by atoms with van der Waals surface area (Å²) in [4.78, 5) is 16.3. The van der Waals surface area contributed by atoms with Crippen molar-refractivity contribution in [3.63, 3.8) is 0 Å². The third-order valence-corrected chi connectivity index (χ3v) is 3.97. The summed E-state index contributed by atoms with van der Waals surface area (Å²) >= 11 is 0. The molecule has 0 aliphatic heterocycles. The van der Waals surface area contributed by atoms with Crippen LogP contribution in [0.15, 0.2) is 61.4 Å². The van der Waals surface area contributed by atoms with Gasteiger partial charge < -0.3 is 9.88 Å². The fraction of sp³-hybridized carbons (Fsp3) is 0.200. The molecule has 2 heterocycles. The van der Waals surface area contributed by atoms with Crippen molar-refractivity contribution in [2.24, 2.45) is 0 Å². The molecule has 1 amide bonds. The maximum absolute atomic E-state index is 12.2. The van der Waals surface area contributed by atoms with Crippen LogP contribution in [-0.4, -0.2) is 25.7 Å². The zero-order valence-electron chi connectivity index (χ0n) is 14.7. The predicted octanol–water partition coefficient (Wildman–Crippen LogP) is 3.41. The van der Waals surface area contributed by atoms with E-state index in [0.29, 0.717) is 19.4 Å². The normalized spacial score (nSPS) is 10.5. The molecule has 0 aliphatic rings. The number of nitrogens with zero attached hydrogens (tertiary/aromatic N) is 4. The van der Waals surface area contributed by atoms with E-state index in [9.17, 15) is 4.79 Å². The summed E-state index contributed by atoms with van der Waals surface area (Å²) in [5.41, 5.74) is 2.84. The van der Waals surface area contributed by atoms with Gasteiger partial charge in [0.2, 0.25) is 5.91 Å². The van der Waals surface area contributed by atoms with E-state index in [1.807, 2.05) is 47.9 Å². The number of nitrogens with one attached hydrogen (secondary N) is 1. The molecule has 0 atom stereocenters. The average molecular weight is 347 g/mol. The second-order valence-electron chi connectivity index (χ2n) is 6.00. The van der Waals surface area contributed by atoms with Crippen molar-refractivity contribution in [2.45, 2.75) is 26.3 Å². The predicted molar refractivity (Wildman–Crippen MR) is 102 cm³/mol. The number of hydrogen-bond acceptors (Lipinski definition) is 4. The minimum atomic E-state index is -0.0510. The molecule has 3 aromatic rings. The lowest BCUT2D eigenvalue weighted by atomic mass is 10.2. The van der Waals surface area contributed by atoms with E-state index in [0.717, 1.165) is 28.5 Å². The molecular formula is C20H21N5O. The topological polar surface area (TPSA) is 72.7 Å². The third-order valence-electron chi connectivity index (χ3n) is 3.97. The van der Waals surface area contributed by atoms with Gasteiger partial charge in [0.25, 0.3) is 0 Å². The zero-order valence-corrected chi connectivity index (χ0v) is 14.7. The summed E-state index contributed by atoms with van der Waals surface area (Å²) in [5.74, 6) is 1.43. The number of rotatable bonds is 7. The molecule has 0 bridgehead atoms. The number of aryl methyl sites for hydroxylation is 2. The van der Waals surface area contributed by atoms with E-state index in [1.54, 1.807) is 18.5 Å². The van der Waals surface area contributed by atoms with Crippen molar-refractivity contribution in [1.29, 1.82) is 0 Å². The van der Waals surface area contributed by atoms with Gasteiger partial charge in [0.05, 0.1) is 0 Å². The summed E-state index contributed by atoms with van der Waals surface area (Å²) in [7, 11) is 0. The van der Waals surface area contributed by atoms with Crippen LogP contribution in [0.25, 0.3) is 11.4 Å². The largest absolute Gasteiger partial charge is 0.326 e.